The lowest BCUT2D eigenvalue weighted by molar-refractivity contribution is -0.307. The Morgan fingerprint density at radius 3 is 1.31 bits per heavy atom. The van der Waals surface area contributed by atoms with E-state index in [0.717, 1.165) is 6.92 Å². The number of esters is 3. The van der Waals surface area contributed by atoms with E-state index in [4.69, 9.17) is 19.3 Å². The maximum absolute atomic E-state index is 12.7. The second-order valence-electron chi connectivity index (χ2n) is 6.45. The second-order valence-corrected chi connectivity index (χ2v) is 6.45. The van der Waals surface area contributed by atoms with Gasteiger partial charge in [-0.25, -0.2) is 28.8 Å². The topological polar surface area (TPSA) is 191 Å². The van der Waals surface area contributed by atoms with Crippen LogP contribution < -0.4 is 0 Å². The number of rotatable bonds is 9. The van der Waals surface area contributed by atoms with Gasteiger partial charge in [0.15, 0.2) is 0 Å². The van der Waals surface area contributed by atoms with Crippen molar-refractivity contribution < 1.29 is 58.3 Å². The van der Waals surface area contributed by atoms with Gasteiger partial charge >= 0.3 is 41.8 Å². The molecule has 0 atom stereocenters. The Balaban J connectivity index is 3.57. The fourth-order valence-electron chi connectivity index (χ4n) is 2.10. The molecule has 0 heterocycles. The largest absolute Gasteiger partial charge is 0.478 e. The van der Waals surface area contributed by atoms with Gasteiger partial charge in [0.25, 0.3) is 0 Å². The maximum atomic E-state index is 12.7. The Hall–Kier alpha value is -4.48. The first-order chi connectivity index (χ1) is 14.6. The van der Waals surface area contributed by atoms with Crippen molar-refractivity contribution >= 4 is 35.8 Å². The van der Waals surface area contributed by atoms with Crippen LogP contribution in [0.2, 0.25) is 0 Å². The molecule has 0 spiro atoms. The van der Waals surface area contributed by atoms with Crippen molar-refractivity contribution in [2.24, 2.45) is 0 Å². The van der Waals surface area contributed by atoms with Crippen molar-refractivity contribution in [1.29, 1.82) is 0 Å². The van der Waals surface area contributed by atoms with E-state index < -0.39 is 64.0 Å². The highest BCUT2D eigenvalue weighted by Gasteiger charge is 2.40. The number of hydrogen-bond donors (Lipinski definition) is 3. The van der Waals surface area contributed by atoms with Crippen LogP contribution in [0.15, 0.2) is 36.4 Å². The summed E-state index contributed by atoms with van der Waals surface area (Å²) in [6.45, 7) is 9.92. The summed E-state index contributed by atoms with van der Waals surface area (Å²) in [5.41, 5.74) is -4.03. The van der Waals surface area contributed by atoms with Gasteiger partial charge in [0, 0.05) is 11.1 Å². The molecule has 0 aliphatic heterocycles. The highest BCUT2D eigenvalue weighted by atomic mass is 16.9. The molecule has 1 aromatic carbocycles. The van der Waals surface area contributed by atoms with Crippen LogP contribution in [-0.4, -0.2) is 57.1 Å². The Bertz CT molecular complexity index is 1030. The van der Waals surface area contributed by atoms with Crippen LogP contribution in [0.25, 0.3) is 0 Å². The molecule has 0 saturated heterocycles. The highest BCUT2D eigenvalue weighted by Crippen LogP contribution is 2.24. The van der Waals surface area contributed by atoms with Crippen LogP contribution in [0.3, 0.4) is 0 Å². The summed E-state index contributed by atoms with van der Waals surface area (Å²) in [7, 11) is 0. The van der Waals surface area contributed by atoms with E-state index in [9.17, 15) is 39.0 Å². The molecule has 1 rings (SSSR count). The normalized spacial score (nSPS) is 10.5. The molecule has 1 aromatic rings. The monoisotopic (exact) mass is 450 g/mol. The van der Waals surface area contributed by atoms with Crippen LogP contribution >= 0.6 is 0 Å². The van der Waals surface area contributed by atoms with E-state index >= 15 is 0 Å². The number of aromatic carboxylic acids is 3. The van der Waals surface area contributed by atoms with E-state index in [1.165, 1.54) is 13.8 Å². The molecular formula is C20H18O12. The summed E-state index contributed by atoms with van der Waals surface area (Å²) < 4.78 is 14.5. The third-order valence-electron chi connectivity index (χ3n) is 3.60. The first-order valence-electron chi connectivity index (χ1n) is 8.48. The zero-order chi connectivity index (χ0) is 25.0. The smallest absolute Gasteiger partial charge is 0.421 e. The summed E-state index contributed by atoms with van der Waals surface area (Å²) in [4.78, 5) is 70.7. The number of carbonyl (C=O) groups excluding carboxylic acids is 3. The predicted molar refractivity (Wildman–Crippen MR) is 103 cm³/mol. The number of benzene rings is 1. The van der Waals surface area contributed by atoms with Gasteiger partial charge in [0.05, 0.1) is 29.2 Å². The van der Waals surface area contributed by atoms with E-state index in [1.807, 2.05) is 0 Å². The average Bonchev–Trinajstić information content (AvgIpc) is 2.65. The van der Waals surface area contributed by atoms with Crippen LogP contribution in [-0.2, 0) is 23.8 Å². The lowest BCUT2D eigenvalue weighted by atomic mass is 9.98. The average molecular weight is 450 g/mol. The minimum Gasteiger partial charge on any atom is -0.478 e. The molecule has 170 valence electrons. The van der Waals surface area contributed by atoms with Gasteiger partial charge < -0.3 is 29.5 Å². The van der Waals surface area contributed by atoms with Crippen molar-refractivity contribution in [3.05, 3.63) is 58.7 Å². The zero-order valence-electron chi connectivity index (χ0n) is 17.1. The first-order valence-corrected chi connectivity index (χ1v) is 8.48. The number of carboxylic acids is 3. The number of hydrogen-bond acceptors (Lipinski definition) is 9. The highest BCUT2D eigenvalue weighted by molar-refractivity contribution is 6.09. The standard InChI is InChI=1S/C20H18O12/c1-8(2)17(27)30-20(5,31-18(28)9(3)4)32-19(29)13-7-11(15(23)24)10(14(21)22)6-12(13)16(25)26/h6-7H,1,3H2,2,4-5H3,(H,21,22)(H,23,24)(H,25,26). The van der Waals surface area contributed by atoms with E-state index in [2.05, 4.69) is 13.2 Å². The molecule has 0 fully saturated rings. The number of carbonyl (C=O) groups is 6. The zero-order valence-corrected chi connectivity index (χ0v) is 17.1. The Labute approximate surface area is 180 Å². The van der Waals surface area contributed by atoms with Gasteiger partial charge in [-0.3, -0.25) is 0 Å². The van der Waals surface area contributed by atoms with Crippen molar-refractivity contribution in [1.82, 2.24) is 0 Å². The molecule has 32 heavy (non-hydrogen) atoms. The fourth-order valence-corrected chi connectivity index (χ4v) is 2.10. The van der Waals surface area contributed by atoms with E-state index in [1.54, 1.807) is 0 Å². The summed E-state index contributed by atoms with van der Waals surface area (Å²) in [5.74, 6) is -12.0. The lowest BCUT2D eigenvalue weighted by Gasteiger charge is -2.28. The third kappa shape index (κ3) is 6.01. The lowest BCUT2D eigenvalue weighted by Crippen LogP contribution is -2.42. The van der Waals surface area contributed by atoms with Gasteiger partial charge in [-0.2, -0.15) is 0 Å². The molecule has 0 saturated carbocycles. The molecule has 0 aliphatic rings. The maximum Gasteiger partial charge on any atom is 0.421 e. The minimum absolute atomic E-state index is 0.177. The summed E-state index contributed by atoms with van der Waals surface area (Å²) in [5, 5.41) is 27.7. The summed E-state index contributed by atoms with van der Waals surface area (Å²) in [6.07, 6.45) is 0. The Morgan fingerprint density at radius 2 is 1.00 bits per heavy atom. The molecule has 12 nitrogen and oxygen atoms in total. The van der Waals surface area contributed by atoms with Crippen LogP contribution in [0.1, 0.15) is 62.2 Å². The van der Waals surface area contributed by atoms with Gasteiger partial charge in [-0.15, -0.1) is 0 Å². The van der Waals surface area contributed by atoms with Crippen molar-refractivity contribution in [2.45, 2.75) is 26.7 Å². The molecule has 3 N–H and O–H groups in total. The third-order valence-corrected chi connectivity index (χ3v) is 3.60. The summed E-state index contributed by atoms with van der Waals surface area (Å²) >= 11 is 0. The van der Waals surface area contributed by atoms with Gasteiger partial charge in [0.1, 0.15) is 0 Å². The van der Waals surface area contributed by atoms with E-state index in [0.29, 0.717) is 12.1 Å². The quantitative estimate of drug-likeness (QED) is 0.281. The molecule has 0 aliphatic carbocycles. The SMILES string of the molecule is C=C(C)C(=O)OC(C)(OC(=O)C(=C)C)OC(=O)c1cc(C(=O)O)c(C(=O)O)cc1C(=O)O. The van der Waals surface area contributed by atoms with Crippen molar-refractivity contribution in [2.75, 3.05) is 0 Å². The van der Waals surface area contributed by atoms with Gasteiger partial charge in [-0.1, -0.05) is 13.2 Å². The van der Waals surface area contributed by atoms with Crippen molar-refractivity contribution in [3.8, 4) is 0 Å². The van der Waals surface area contributed by atoms with Crippen LogP contribution in [0.5, 0.6) is 0 Å². The molecular weight excluding hydrogens is 432 g/mol. The van der Waals surface area contributed by atoms with Crippen molar-refractivity contribution in [3.63, 3.8) is 0 Å². The first kappa shape index (κ1) is 25.6. The fraction of sp³-hybridized carbons (Fsp3) is 0.200. The van der Waals surface area contributed by atoms with Crippen LogP contribution in [0.4, 0.5) is 0 Å². The minimum atomic E-state index is -2.74. The Morgan fingerprint density at radius 1 is 0.688 bits per heavy atom. The Kier molecular flexibility index (Phi) is 7.63. The molecule has 0 amide bonds. The molecule has 0 bridgehead atoms. The number of carboxylic acid groups (broad SMARTS) is 3. The molecule has 12 heteroatoms. The predicted octanol–water partition coefficient (Wildman–Crippen LogP) is 1.85. The van der Waals surface area contributed by atoms with E-state index in [-0.39, 0.29) is 11.1 Å². The number of ether oxygens (including phenoxy) is 3. The second kappa shape index (κ2) is 9.55. The van der Waals surface area contributed by atoms with Gasteiger partial charge in [0.2, 0.25) is 0 Å². The van der Waals surface area contributed by atoms with Crippen LogP contribution in [0, 0.1) is 0 Å². The summed E-state index contributed by atoms with van der Waals surface area (Å²) in [6, 6.07) is 0.904. The molecule has 0 unspecified atom stereocenters. The molecule has 0 radical (unpaired) electrons. The van der Waals surface area contributed by atoms with Gasteiger partial charge in [-0.05, 0) is 26.0 Å². The molecule has 0 aromatic heterocycles.